The van der Waals surface area contributed by atoms with Crippen LogP contribution in [0, 0.1) is 13.8 Å². The number of benzene rings is 2. The first-order chi connectivity index (χ1) is 11.5. The monoisotopic (exact) mass is 344 g/mol. The van der Waals surface area contributed by atoms with Crippen LogP contribution in [0.1, 0.15) is 35.6 Å². The molecule has 1 aliphatic heterocycles. The SMILES string of the molecule is CCCN=C(N)Cc1ccc(C)c(C)c1.Clc1c2cccc1OC2. The first kappa shape index (κ1) is 18.3. The Labute approximate surface area is 149 Å². The normalized spacial score (nSPS) is 12.4. The molecule has 0 radical (unpaired) electrons. The molecule has 0 aliphatic carbocycles. The van der Waals surface area contributed by atoms with Crippen LogP contribution in [0.3, 0.4) is 0 Å². The molecule has 1 aliphatic rings. The molecule has 0 unspecified atom stereocenters. The first-order valence-corrected chi connectivity index (χ1v) is 8.64. The number of aryl methyl sites for hydroxylation is 2. The van der Waals surface area contributed by atoms with Gasteiger partial charge in [0.15, 0.2) is 0 Å². The minimum Gasteiger partial charge on any atom is -0.487 e. The van der Waals surface area contributed by atoms with Gasteiger partial charge in [-0.15, -0.1) is 0 Å². The molecule has 0 saturated heterocycles. The Bertz CT molecular complexity index is 703. The van der Waals surface area contributed by atoms with Crippen LogP contribution >= 0.6 is 11.6 Å². The van der Waals surface area contributed by atoms with Crippen molar-refractivity contribution in [2.45, 2.75) is 40.2 Å². The van der Waals surface area contributed by atoms with E-state index in [0.29, 0.717) is 6.61 Å². The molecule has 0 saturated carbocycles. The molecule has 4 heteroatoms. The second kappa shape index (κ2) is 8.74. The summed E-state index contributed by atoms with van der Waals surface area (Å²) in [7, 11) is 0. The van der Waals surface area contributed by atoms with Gasteiger partial charge in [-0.1, -0.05) is 48.9 Å². The van der Waals surface area contributed by atoms with Crippen molar-refractivity contribution in [3.8, 4) is 5.75 Å². The van der Waals surface area contributed by atoms with Crippen LogP contribution in [0.15, 0.2) is 41.4 Å². The van der Waals surface area contributed by atoms with Crippen LogP contribution < -0.4 is 10.5 Å². The average Bonchev–Trinajstić information content (AvgIpc) is 2.78. The summed E-state index contributed by atoms with van der Waals surface area (Å²) in [5, 5.41) is 0.775. The fourth-order valence-corrected chi connectivity index (χ4v) is 2.60. The van der Waals surface area contributed by atoms with Gasteiger partial charge in [0.25, 0.3) is 0 Å². The van der Waals surface area contributed by atoms with E-state index in [0.717, 1.165) is 41.6 Å². The van der Waals surface area contributed by atoms with Crippen molar-refractivity contribution in [2.75, 3.05) is 6.54 Å². The van der Waals surface area contributed by atoms with Gasteiger partial charge < -0.3 is 10.5 Å². The summed E-state index contributed by atoms with van der Waals surface area (Å²) >= 11 is 5.82. The number of fused-ring (bicyclic) bond motifs is 2. The maximum Gasteiger partial charge on any atom is 0.138 e. The molecule has 0 fully saturated rings. The lowest BCUT2D eigenvalue weighted by Crippen LogP contribution is -2.15. The van der Waals surface area contributed by atoms with Crippen LogP contribution in [-0.2, 0) is 13.0 Å². The highest BCUT2D eigenvalue weighted by Crippen LogP contribution is 2.34. The van der Waals surface area contributed by atoms with Crippen molar-refractivity contribution >= 4 is 17.4 Å². The minimum absolute atomic E-state index is 0.640. The lowest BCUT2D eigenvalue weighted by atomic mass is 10.0. The maximum absolute atomic E-state index is 5.83. The van der Waals surface area contributed by atoms with E-state index in [1.165, 1.54) is 16.7 Å². The third-order valence-electron chi connectivity index (χ3n) is 3.92. The highest BCUT2D eigenvalue weighted by atomic mass is 35.5. The number of nitrogens with two attached hydrogens (primary N) is 1. The van der Waals surface area contributed by atoms with Crippen LogP contribution in [0.4, 0.5) is 0 Å². The Kier molecular flexibility index (Phi) is 6.68. The van der Waals surface area contributed by atoms with Gasteiger partial charge in [0.05, 0.1) is 10.9 Å². The number of rotatable bonds is 4. The molecule has 24 heavy (non-hydrogen) atoms. The van der Waals surface area contributed by atoms with Gasteiger partial charge in [0, 0.05) is 18.5 Å². The maximum atomic E-state index is 5.83. The molecule has 2 bridgehead atoms. The molecule has 2 aromatic carbocycles. The Morgan fingerprint density at radius 1 is 1.21 bits per heavy atom. The van der Waals surface area contributed by atoms with Gasteiger partial charge in [0.1, 0.15) is 12.4 Å². The predicted octanol–water partition coefficient (Wildman–Crippen LogP) is 4.85. The summed E-state index contributed by atoms with van der Waals surface area (Å²) in [4.78, 5) is 4.28. The lowest BCUT2D eigenvalue weighted by Gasteiger charge is -2.05. The van der Waals surface area contributed by atoms with Crippen LogP contribution in [0.2, 0.25) is 5.02 Å². The zero-order valence-electron chi connectivity index (χ0n) is 14.6. The Hall–Kier alpha value is -2.00. The number of hydrogen-bond donors (Lipinski definition) is 1. The Balaban J connectivity index is 0.000000194. The second-order valence-electron chi connectivity index (χ2n) is 5.99. The molecule has 2 N–H and O–H groups in total. The smallest absolute Gasteiger partial charge is 0.138 e. The van der Waals surface area contributed by atoms with E-state index >= 15 is 0 Å². The van der Waals surface area contributed by atoms with E-state index in [4.69, 9.17) is 22.1 Å². The Morgan fingerprint density at radius 3 is 2.62 bits per heavy atom. The molecule has 3 nitrogen and oxygen atoms in total. The van der Waals surface area contributed by atoms with Crippen molar-refractivity contribution in [1.82, 2.24) is 0 Å². The van der Waals surface area contributed by atoms with Gasteiger partial charge in [-0.2, -0.15) is 0 Å². The van der Waals surface area contributed by atoms with Crippen molar-refractivity contribution < 1.29 is 4.74 Å². The molecule has 3 rings (SSSR count). The van der Waals surface area contributed by atoms with E-state index < -0.39 is 0 Å². The Morgan fingerprint density at radius 2 is 2.00 bits per heavy atom. The van der Waals surface area contributed by atoms with E-state index in [2.05, 4.69) is 44.0 Å². The first-order valence-electron chi connectivity index (χ1n) is 8.26. The minimum atomic E-state index is 0.640. The molecule has 128 valence electrons. The summed E-state index contributed by atoms with van der Waals surface area (Å²) < 4.78 is 5.18. The molecule has 0 aromatic heterocycles. The van der Waals surface area contributed by atoms with Gasteiger partial charge in [-0.05, 0) is 43.0 Å². The van der Waals surface area contributed by atoms with Gasteiger partial charge in [0.2, 0.25) is 0 Å². The number of ether oxygens (including phenoxy) is 1. The van der Waals surface area contributed by atoms with Crippen molar-refractivity contribution in [3.63, 3.8) is 0 Å². The van der Waals surface area contributed by atoms with E-state index in [1.807, 2.05) is 18.2 Å². The van der Waals surface area contributed by atoms with Gasteiger partial charge >= 0.3 is 0 Å². The number of halogens is 1. The molecular weight excluding hydrogens is 320 g/mol. The standard InChI is InChI=1S/C13H20N2.C7H5ClO/c1-4-7-15-13(14)9-12-6-5-10(2)11(3)8-12;8-7-5-2-1-3-6(7)9-4-5/h5-6,8H,4,7,9H2,1-3H3,(H2,14,15);1-3H,4H2. The fourth-order valence-electron chi connectivity index (χ4n) is 2.37. The van der Waals surface area contributed by atoms with Crippen molar-refractivity contribution in [3.05, 3.63) is 63.7 Å². The molecule has 0 spiro atoms. The summed E-state index contributed by atoms with van der Waals surface area (Å²) in [5.74, 6) is 1.55. The van der Waals surface area contributed by atoms with Crippen LogP contribution in [-0.4, -0.2) is 12.4 Å². The molecule has 2 aromatic rings. The summed E-state index contributed by atoms with van der Waals surface area (Å²) in [6.45, 7) is 7.82. The quantitative estimate of drug-likeness (QED) is 0.637. The topological polar surface area (TPSA) is 47.6 Å². The fraction of sp³-hybridized carbons (Fsp3) is 0.350. The van der Waals surface area contributed by atoms with E-state index in [1.54, 1.807) is 0 Å². The number of aliphatic imine (C=N–C) groups is 1. The lowest BCUT2D eigenvalue weighted by molar-refractivity contribution is 0.328. The van der Waals surface area contributed by atoms with Gasteiger partial charge in [-0.3, -0.25) is 4.99 Å². The largest absolute Gasteiger partial charge is 0.487 e. The zero-order chi connectivity index (χ0) is 17.5. The predicted molar refractivity (Wildman–Crippen MR) is 102 cm³/mol. The summed E-state index contributed by atoms with van der Waals surface area (Å²) in [6.07, 6.45) is 1.81. The number of amidine groups is 1. The van der Waals surface area contributed by atoms with E-state index in [-0.39, 0.29) is 0 Å². The second-order valence-corrected chi connectivity index (χ2v) is 6.36. The summed E-state index contributed by atoms with van der Waals surface area (Å²) in [6, 6.07) is 12.2. The number of hydrogen-bond acceptors (Lipinski definition) is 2. The van der Waals surface area contributed by atoms with E-state index in [9.17, 15) is 0 Å². The zero-order valence-corrected chi connectivity index (χ0v) is 15.4. The highest BCUT2D eigenvalue weighted by molar-refractivity contribution is 6.33. The summed E-state index contributed by atoms with van der Waals surface area (Å²) in [5.41, 5.74) is 10.8. The van der Waals surface area contributed by atoms with Crippen LogP contribution in [0.25, 0.3) is 0 Å². The molecule has 0 atom stereocenters. The molecule has 0 amide bonds. The third-order valence-corrected chi connectivity index (χ3v) is 4.35. The van der Waals surface area contributed by atoms with Crippen LogP contribution in [0.5, 0.6) is 5.75 Å². The molecule has 1 heterocycles. The van der Waals surface area contributed by atoms with Gasteiger partial charge in [-0.25, -0.2) is 0 Å². The average molecular weight is 345 g/mol. The number of nitrogens with zero attached hydrogens (tertiary/aromatic N) is 1. The van der Waals surface area contributed by atoms with Crippen molar-refractivity contribution in [1.29, 1.82) is 0 Å². The molecular formula is C20H25ClN2O. The third kappa shape index (κ3) is 5.00. The van der Waals surface area contributed by atoms with Crippen molar-refractivity contribution in [2.24, 2.45) is 10.7 Å². The highest BCUT2D eigenvalue weighted by Gasteiger charge is 2.13.